The Morgan fingerprint density at radius 3 is 2.46 bits per heavy atom. The summed E-state index contributed by atoms with van der Waals surface area (Å²) in [7, 11) is 3.35. The lowest BCUT2D eigenvalue weighted by molar-refractivity contribution is -0.124. The van der Waals surface area contributed by atoms with E-state index in [1.807, 2.05) is 0 Å². The van der Waals surface area contributed by atoms with Crippen molar-refractivity contribution >= 4 is 28.7 Å². The Hall–Kier alpha value is -4.31. The maximum absolute atomic E-state index is 14.3. The van der Waals surface area contributed by atoms with Crippen molar-refractivity contribution in [2.45, 2.75) is 19.0 Å². The fourth-order valence-electron chi connectivity index (χ4n) is 4.36. The normalized spacial score (nSPS) is 15.5. The number of alkyl halides is 3. The van der Waals surface area contributed by atoms with Gasteiger partial charge in [-0.25, -0.2) is 0 Å². The van der Waals surface area contributed by atoms with E-state index in [0.717, 1.165) is 0 Å². The van der Waals surface area contributed by atoms with E-state index in [9.17, 15) is 22.4 Å². The van der Waals surface area contributed by atoms with Gasteiger partial charge in [-0.1, -0.05) is 54.6 Å². The average Bonchev–Trinajstić information content (AvgIpc) is 3.32. The molecule has 0 fully saturated rings. The number of fused-ring (bicyclic) bond motifs is 1. The number of allylic oxidation sites excluding steroid dienone is 6. The highest BCUT2D eigenvalue weighted by molar-refractivity contribution is 6.25. The Kier molecular flexibility index (Phi) is 9.67. The lowest BCUT2D eigenvalue weighted by Gasteiger charge is -2.21. The second kappa shape index (κ2) is 13.4. The summed E-state index contributed by atoms with van der Waals surface area (Å²) >= 11 is 0. The number of hydrogen-bond acceptors (Lipinski definition) is 5. The van der Waals surface area contributed by atoms with Gasteiger partial charge in [0.25, 0.3) is 0 Å². The Morgan fingerprint density at radius 1 is 1.05 bits per heavy atom. The second-order valence-corrected chi connectivity index (χ2v) is 9.58. The van der Waals surface area contributed by atoms with Crippen molar-refractivity contribution < 1.29 is 27.1 Å². The topological polar surface area (TPSA) is 66.3 Å². The van der Waals surface area contributed by atoms with E-state index < -0.39 is 18.6 Å². The Labute approximate surface area is 236 Å². The molecule has 4 rings (SSSR count). The quantitative estimate of drug-likeness (QED) is 0.153. The maximum Gasteiger partial charge on any atom is 0.393 e. The average molecular weight is 567 g/mol. The van der Waals surface area contributed by atoms with Crippen molar-refractivity contribution in [2.75, 3.05) is 33.8 Å². The zero-order valence-electron chi connectivity index (χ0n) is 22.7. The Balaban J connectivity index is 1.58. The van der Waals surface area contributed by atoms with Crippen molar-refractivity contribution in [1.29, 1.82) is 0 Å². The number of nitrogens with zero attached hydrogens (tertiary/aromatic N) is 3. The van der Waals surface area contributed by atoms with Crippen LogP contribution < -0.4 is 10.1 Å². The molecule has 2 aromatic rings. The molecule has 0 atom stereocenters. The molecule has 0 saturated carbocycles. The minimum absolute atomic E-state index is 0.0793. The third kappa shape index (κ3) is 8.11. The molecule has 0 radical (unpaired) electrons. The smallest absolute Gasteiger partial charge is 0.393 e. The number of nitrogens with one attached hydrogen (secondary N) is 1. The van der Waals surface area contributed by atoms with E-state index in [2.05, 4.69) is 15.5 Å². The number of ether oxygens (including phenoxy) is 1. The summed E-state index contributed by atoms with van der Waals surface area (Å²) in [5.74, 6) is -0.304. The SMILES string of the molecule is CN(C)C(=O)C=CCNCCOc1ccc(/C(C2=CCC3=NN=C(F)C3=C2)=C(/CC(F)(F)F)c2ccccc2)cc1. The number of benzene rings is 2. The molecule has 0 saturated heterocycles. The van der Waals surface area contributed by atoms with Crippen LogP contribution in [0.5, 0.6) is 5.75 Å². The van der Waals surface area contributed by atoms with Gasteiger partial charge in [-0.3, -0.25) is 4.79 Å². The van der Waals surface area contributed by atoms with E-state index in [1.165, 1.54) is 17.1 Å². The molecule has 10 heteroatoms. The summed E-state index contributed by atoms with van der Waals surface area (Å²) < 4.78 is 61.8. The van der Waals surface area contributed by atoms with Crippen LogP contribution in [0.1, 0.15) is 24.0 Å². The van der Waals surface area contributed by atoms with E-state index >= 15 is 0 Å². The van der Waals surface area contributed by atoms with Gasteiger partial charge in [0.05, 0.1) is 17.7 Å². The minimum Gasteiger partial charge on any atom is -0.492 e. The predicted molar refractivity (Wildman–Crippen MR) is 153 cm³/mol. The van der Waals surface area contributed by atoms with Crippen molar-refractivity contribution in [3.8, 4) is 5.75 Å². The molecule has 1 amide bonds. The first-order valence-corrected chi connectivity index (χ1v) is 13.0. The van der Waals surface area contributed by atoms with E-state index in [1.54, 1.807) is 80.8 Å². The molecule has 0 aromatic heterocycles. The summed E-state index contributed by atoms with van der Waals surface area (Å²) in [4.78, 5) is 13.0. The summed E-state index contributed by atoms with van der Waals surface area (Å²) in [5, 5.41) is 10.4. The Morgan fingerprint density at radius 2 is 1.78 bits per heavy atom. The van der Waals surface area contributed by atoms with Crippen LogP contribution in [0.2, 0.25) is 0 Å². The van der Waals surface area contributed by atoms with Crippen LogP contribution in [-0.2, 0) is 4.79 Å². The first-order valence-electron chi connectivity index (χ1n) is 13.0. The zero-order chi connectivity index (χ0) is 29.4. The fourth-order valence-corrected chi connectivity index (χ4v) is 4.36. The van der Waals surface area contributed by atoms with Crippen LogP contribution >= 0.6 is 0 Å². The summed E-state index contributed by atoms with van der Waals surface area (Å²) in [6.07, 6.45) is 1.09. The molecule has 2 aromatic carbocycles. The van der Waals surface area contributed by atoms with E-state index in [-0.39, 0.29) is 23.5 Å². The molecule has 2 aliphatic rings. The highest BCUT2D eigenvalue weighted by atomic mass is 19.4. The number of amides is 1. The van der Waals surface area contributed by atoms with Crippen molar-refractivity contribution in [3.63, 3.8) is 0 Å². The number of carbonyl (C=O) groups excluding carboxylic acids is 1. The van der Waals surface area contributed by atoms with Crippen molar-refractivity contribution in [1.82, 2.24) is 10.2 Å². The largest absolute Gasteiger partial charge is 0.492 e. The molecular formula is C31H30F4N4O2. The molecule has 0 unspecified atom stereocenters. The number of carbonyl (C=O) groups is 1. The molecule has 1 N–H and O–H groups in total. The van der Waals surface area contributed by atoms with Crippen LogP contribution in [0, 0.1) is 0 Å². The highest BCUT2D eigenvalue weighted by Crippen LogP contribution is 2.41. The van der Waals surface area contributed by atoms with Gasteiger partial charge in [0.2, 0.25) is 11.9 Å². The molecule has 1 aliphatic carbocycles. The van der Waals surface area contributed by atoms with Gasteiger partial charge < -0.3 is 15.0 Å². The van der Waals surface area contributed by atoms with Gasteiger partial charge in [-0.2, -0.15) is 22.7 Å². The van der Waals surface area contributed by atoms with Gasteiger partial charge in [-0.05, 0) is 46.1 Å². The Bertz CT molecular complexity index is 1430. The van der Waals surface area contributed by atoms with Crippen LogP contribution in [0.15, 0.2) is 100 Å². The van der Waals surface area contributed by atoms with Gasteiger partial charge in [0.1, 0.15) is 12.4 Å². The van der Waals surface area contributed by atoms with Crippen molar-refractivity contribution in [3.05, 3.63) is 101 Å². The number of halogens is 4. The van der Waals surface area contributed by atoms with Gasteiger partial charge >= 0.3 is 6.18 Å². The third-order valence-electron chi connectivity index (χ3n) is 6.35. The van der Waals surface area contributed by atoms with Crippen LogP contribution in [0.25, 0.3) is 11.1 Å². The molecule has 1 heterocycles. The van der Waals surface area contributed by atoms with Crippen LogP contribution in [-0.4, -0.2) is 62.5 Å². The predicted octanol–water partition coefficient (Wildman–Crippen LogP) is 6.16. The van der Waals surface area contributed by atoms with Gasteiger partial charge in [0.15, 0.2) is 0 Å². The molecule has 41 heavy (non-hydrogen) atoms. The number of rotatable bonds is 11. The first-order chi connectivity index (χ1) is 19.6. The molecule has 0 bridgehead atoms. The van der Waals surface area contributed by atoms with Gasteiger partial charge in [0, 0.05) is 39.7 Å². The number of hydrogen-bond donors (Lipinski definition) is 1. The maximum atomic E-state index is 14.3. The molecular weight excluding hydrogens is 536 g/mol. The monoisotopic (exact) mass is 566 g/mol. The summed E-state index contributed by atoms with van der Waals surface area (Å²) in [6.45, 7) is 1.37. The van der Waals surface area contributed by atoms with E-state index in [0.29, 0.717) is 53.4 Å². The molecule has 214 valence electrons. The lowest BCUT2D eigenvalue weighted by Crippen LogP contribution is -2.22. The zero-order valence-corrected chi connectivity index (χ0v) is 22.7. The molecule has 1 aliphatic heterocycles. The second-order valence-electron chi connectivity index (χ2n) is 9.58. The fraction of sp³-hybridized carbons (Fsp3) is 0.258. The molecule has 0 spiro atoms. The molecule has 6 nitrogen and oxygen atoms in total. The summed E-state index contributed by atoms with van der Waals surface area (Å²) in [6, 6.07) is 15.2. The van der Waals surface area contributed by atoms with Gasteiger partial charge in [-0.15, -0.1) is 5.10 Å². The standard InChI is InChI=1S/C31H30F4N4O2/c1-39(2)28(40)9-6-16-36-17-18-41-24-13-10-22(11-14-24)29(23-12-15-27-25(19-23)30(32)38-37-27)26(20-31(33,34)35)21-7-4-3-5-8-21/h3-14,19,36H,15-18,20H2,1-2H3/b9-6?,29-26+. The summed E-state index contributed by atoms with van der Waals surface area (Å²) in [5.41, 5.74) is 2.49. The number of likely N-dealkylation sites (N-methyl/N-ethyl adjacent to an activating group) is 1. The van der Waals surface area contributed by atoms with Crippen LogP contribution in [0.3, 0.4) is 0 Å². The first kappa shape index (κ1) is 29.7. The van der Waals surface area contributed by atoms with Crippen molar-refractivity contribution in [2.24, 2.45) is 10.2 Å². The third-order valence-corrected chi connectivity index (χ3v) is 6.35. The van der Waals surface area contributed by atoms with Crippen LogP contribution in [0.4, 0.5) is 17.6 Å². The highest BCUT2D eigenvalue weighted by Gasteiger charge is 2.33. The lowest BCUT2D eigenvalue weighted by atomic mass is 9.84. The van der Waals surface area contributed by atoms with E-state index in [4.69, 9.17) is 4.74 Å². The minimum atomic E-state index is -4.48.